The van der Waals surface area contributed by atoms with Crippen LogP contribution in [0.15, 0.2) is 23.5 Å². The Hall–Kier alpha value is -1.29. The third-order valence-corrected chi connectivity index (χ3v) is 11.5. The SMILES string of the molecule is CC(C)CCC[C@@H](C)[C@H]1CCC2[C@@H]3CC=C4C[C@@H](OCCC/C(O)=C/C(=O)O)CC[C@]4(C)C3CC[C@@]21C. The number of carboxylic acids is 1. The summed E-state index contributed by atoms with van der Waals surface area (Å²) in [5, 5.41) is 18.4. The van der Waals surface area contributed by atoms with Gasteiger partial charge in [-0.1, -0.05) is 65.5 Å². The van der Waals surface area contributed by atoms with E-state index in [2.05, 4.69) is 40.7 Å². The van der Waals surface area contributed by atoms with Gasteiger partial charge in [-0.3, -0.25) is 0 Å². The Bertz CT molecular complexity index is 858. The lowest BCUT2D eigenvalue weighted by Crippen LogP contribution is -2.51. The number of aliphatic hydroxyl groups excluding tert-OH is 1. The van der Waals surface area contributed by atoms with Gasteiger partial charge < -0.3 is 14.9 Å². The summed E-state index contributed by atoms with van der Waals surface area (Å²) < 4.78 is 6.21. The van der Waals surface area contributed by atoms with Crippen molar-refractivity contribution in [3.05, 3.63) is 23.5 Å². The molecule has 4 nitrogen and oxygen atoms in total. The first kappa shape index (κ1) is 28.7. The van der Waals surface area contributed by atoms with E-state index in [0.717, 1.165) is 54.4 Å². The van der Waals surface area contributed by atoms with E-state index in [4.69, 9.17) is 9.84 Å². The van der Waals surface area contributed by atoms with Crippen molar-refractivity contribution in [2.75, 3.05) is 6.61 Å². The van der Waals surface area contributed by atoms with E-state index in [-0.39, 0.29) is 11.9 Å². The molecule has 0 bridgehead atoms. The molecule has 3 saturated carbocycles. The summed E-state index contributed by atoms with van der Waals surface area (Å²) in [5.41, 5.74) is 2.54. The van der Waals surface area contributed by atoms with Crippen molar-refractivity contribution in [3.8, 4) is 0 Å². The van der Waals surface area contributed by atoms with Gasteiger partial charge in [0, 0.05) is 13.0 Å². The van der Waals surface area contributed by atoms with Gasteiger partial charge in [0.2, 0.25) is 0 Å². The fourth-order valence-electron chi connectivity index (χ4n) is 9.51. The molecule has 0 saturated heterocycles. The molecule has 0 aromatic carbocycles. The lowest BCUT2D eigenvalue weighted by atomic mass is 9.47. The van der Waals surface area contributed by atoms with Gasteiger partial charge in [0.15, 0.2) is 0 Å². The van der Waals surface area contributed by atoms with Crippen LogP contribution in [-0.4, -0.2) is 28.9 Å². The zero-order valence-electron chi connectivity index (χ0n) is 24.3. The van der Waals surface area contributed by atoms with Gasteiger partial charge >= 0.3 is 5.97 Å². The number of hydrogen-bond acceptors (Lipinski definition) is 3. The van der Waals surface area contributed by atoms with Crippen LogP contribution < -0.4 is 0 Å². The number of rotatable bonds is 11. The molecule has 0 aromatic heterocycles. The molecule has 4 heteroatoms. The highest BCUT2D eigenvalue weighted by atomic mass is 16.5. The van der Waals surface area contributed by atoms with Gasteiger partial charge in [-0.15, -0.1) is 0 Å². The van der Waals surface area contributed by atoms with Gasteiger partial charge in [-0.2, -0.15) is 0 Å². The van der Waals surface area contributed by atoms with Gasteiger partial charge in [-0.25, -0.2) is 4.79 Å². The number of aliphatic hydroxyl groups is 1. The Morgan fingerprint density at radius 1 is 1.05 bits per heavy atom. The Morgan fingerprint density at radius 3 is 2.57 bits per heavy atom. The molecule has 0 heterocycles. The summed E-state index contributed by atoms with van der Waals surface area (Å²) in [4.78, 5) is 10.7. The fourth-order valence-corrected chi connectivity index (χ4v) is 9.51. The maximum absolute atomic E-state index is 10.7. The van der Waals surface area contributed by atoms with E-state index >= 15 is 0 Å². The molecule has 0 aromatic rings. The first-order valence-electron chi connectivity index (χ1n) is 15.5. The lowest BCUT2D eigenvalue weighted by molar-refractivity contribution is -0.131. The Morgan fingerprint density at radius 2 is 1.84 bits per heavy atom. The van der Waals surface area contributed by atoms with Gasteiger partial charge in [0.05, 0.1) is 17.9 Å². The molecule has 2 unspecified atom stereocenters. The lowest BCUT2D eigenvalue weighted by Gasteiger charge is -2.58. The van der Waals surface area contributed by atoms with E-state index in [1.807, 2.05) is 0 Å². The van der Waals surface area contributed by atoms with Crippen LogP contribution in [0.2, 0.25) is 0 Å². The predicted octanol–water partition coefficient (Wildman–Crippen LogP) is 8.72. The topological polar surface area (TPSA) is 66.8 Å². The predicted molar refractivity (Wildman–Crippen MR) is 150 cm³/mol. The zero-order valence-corrected chi connectivity index (χ0v) is 24.3. The molecule has 0 radical (unpaired) electrons. The standard InChI is InChI=1S/C33H54O4/c1-22(2)8-6-9-23(3)28-13-14-29-27-12-11-24-20-26(37-19-7-10-25(34)21-31(35)36)15-17-32(24,4)30(27)16-18-33(28,29)5/h11,21-23,26-30,34H,6-10,12-20H2,1-5H3,(H,35,36)/b25-21-/t23-,26+,27+,28-,29?,30?,32+,33-/m1/s1. The number of carbonyl (C=O) groups is 1. The quantitative estimate of drug-likeness (QED) is 0.125. The molecule has 210 valence electrons. The number of ether oxygens (including phenoxy) is 1. The van der Waals surface area contributed by atoms with Gasteiger partial charge in [-0.05, 0) is 104 Å². The fraction of sp³-hybridized carbons (Fsp3) is 0.848. The monoisotopic (exact) mass is 514 g/mol. The molecule has 3 fully saturated rings. The Balaban J connectivity index is 1.34. The van der Waals surface area contributed by atoms with Crippen LogP contribution in [0.3, 0.4) is 0 Å². The Labute approximate surface area is 226 Å². The first-order valence-corrected chi connectivity index (χ1v) is 15.5. The van der Waals surface area contributed by atoms with Crippen LogP contribution in [0.4, 0.5) is 0 Å². The molecule has 0 spiro atoms. The average molecular weight is 515 g/mol. The number of allylic oxidation sites excluding steroid dienone is 2. The maximum Gasteiger partial charge on any atom is 0.331 e. The van der Waals surface area contributed by atoms with Crippen molar-refractivity contribution in [2.24, 2.45) is 46.3 Å². The summed E-state index contributed by atoms with van der Waals surface area (Å²) in [5.74, 6) is 4.03. The molecule has 4 aliphatic rings. The molecule has 37 heavy (non-hydrogen) atoms. The van der Waals surface area contributed by atoms with Crippen molar-refractivity contribution in [1.29, 1.82) is 0 Å². The van der Waals surface area contributed by atoms with E-state index in [9.17, 15) is 9.90 Å². The van der Waals surface area contributed by atoms with Crippen molar-refractivity contribution in [2.45, 2.75) is 124 Å². The highest BCUT2D eigenvalue weighted by Gasteiger charge is 2.59. The summed E-state index contributed by atoms with van der Waals surface area (Å²) >= 11 is 0. The highest BCUT2D eigenvalue weighted by molar-refractivity contribution is 5.80. The van der Waals surface area contributed by atoms with Crippen LogP contribution in [0.5, 0.6) is 0 Å². The smallest absolute Gasteiger partial charge is 0.331 e. The maximum atomic E-state index is 10.7. The van der Waals surface area contributed by atoms with Crippen LogP contribution in [0.25, 0.3) is 0 Å². The molecule has 0 amide bonds. The molecule has 4 rings (SSSR count). The molecular weight excluding hydrogens is 460 g/mol. The summed E-state index contributed by atoms with van der Waals surface area (Å²) in [6, 6.07) is 0. The number of fused-ring (bicyclic) bond motifs is 5. The van der Waals surface area contributed by atoms with Crippen LogP contribution in [-0.2, 0) is 9.53 Å². The van der Waals surface area contributed by atoms with Crippen molar-refractivity contribution >= 4 is 5.97 Å². The van der Waals surface area contributed by atoms with Gasteiger partial charge in [0.1, 0.15) is 0 Å². The second-order valence-corrected chi connectivity index (χ2v) is 14.1. The van der Waals surface area contributed by atoms with E-state index in [1.54, 1.807) is 5.57 Å². The molecule has 2 N–H and O–H groups in total. The highest BCUT2D eigenvalue weighted by Crippen LogP contribution is 2.67. The zero-order chi connectivity index (χ0) is 26.8. The van der Waals surface area contributed by atoms with Crippen LogP contribution >= 0.6 is 0 Å². The minimum atomic E-state index is -1.10. The number of aliphatic carboxylic acids is 1. The molecule has 8 atom stereocenters. The number of hydrogen-bond donors (Lipinski definition) is 2. The first-order chi connectivity index (χ1) is 17.5. The second kappa shape index (κ2) is 11.8. The van der Waals surface area contributed by atoms with Crippen LogP contribution in [0, 0.1) is 46.3 Å². The summed E-state index contributed by atoms with van der Waals surface area (Å²) in [6.45, 7) is 13.1. The van der Waals surface area contributed by atoms with Crippen molar-refractivity contribution < 1.29 is 19.7 Å². The third-order valence-electron chi connectivity index (χ3n) is 11.5. The second-order valence-electron chi connectivity index (χ2n) is 14.1. The van der Waals surface area contributed by atoms with E-state index in [0.29, 0.717) is 30.3 Å². The van der Waals surface area contributed by atoms with Crippen molar-refractivity contribution in [1.82, 2.24) is 0 Å². The summed E-state index contributed by atoms with van der Waals surface area (Å²) in [6.07, 6.45) is 19.4. The molecule has 0 aliphatic heterocycles. The average Bonchev–Trinajstić information content (AvgIpc) is 3.18. The molecular formula is C33H54O4. The minimum absolute atomic E-state index is 0.0725. The normalized spacial score (nSPS) is 38.5. The van der Waals surface area contributed by atoms with E-state index in [1.165, 1.54) is 57.8 Å². The summed E-state index contributed by atoms with van der Waals surface area (Å²) in [7, 11) is 0. The van der Waals surface area contributed by atoms with Gasteiger partial charge in [0.25, 0.3) is 0 Å². The minimum Gasteiger partial charge on any atom is -0.512 e. The largest absolute Gasteiger partial charge is 0.512 e. The molecule has 4 aliphatic carbocycles. The van der Waals surface area contributed by atoms with Crippen LogP contribution in [0.1, 0.15) is 118 Å². The van der Waals surface area contributed by atoms with E-state index < -0.39 is 5.97 Å². The number of carboxylic acid groups (broad SMARTS) is 1. The van der Waals surface area contributed by atoms with Crippen molar-refractivity contribution in [3.63, 3.8) is 0 Å². The Kier molecular flexibility index (Phi) is 9.19. The third kappa shape index (κ3) is 6.15.